The van der Waals surface area contributed by atoms with Gasteiger partial charge in [0.2, 0.25) is 0 Å². The number of aromatic carboxylic acids is 1. The van der Waals surface area contributed by atoms with Crippen LogP contribution >= 0.6 is 0 Å². The van der Waals surface area contributed by atoms with Crippen molar-refractivity contribution < 1.29 is 9.90 Å². The van der Waals surface area contributed by atoms with Crippen LogP contribution in [-0.2, 0) is 0 Å². The Labute approximate surface area is 138 Å². The molecular weight excluding hydrogens is 288 g/mol. The van der Waals surface area contributed by atoms with E-state index in [9.17, 15) is 9.90 Å². The molecule has 0 bridgehead atoms. The van der Waals surface area contributed by atoms with Crippen LogP contribution in [0.1, 0.15) is 55.6 Å². The van der Waals surface area contributed by atoms with E-state index in [1.807, 2.05) is 19.1 Å². The summed E-state index contributed by atoms with van der Waals surface area (Å²) in [6.45, 7) is 8.30. The second-order valence-electron chi connectivity index (χ2n) is 5.98. The number of para-hydroxylation sites is 1. The number of carbonyl (C=O) groups is 1. The predicted octanol–water partition coefficient (Wildman–Crippen LogP) is 4.65. The molecule has 0 radical (unpaired) electrons. The fourth-order valence-corrected chi connectivity index (χ4v) is 2.84. The van der Waals surface area contributed by atoms with Gasteiger partial charge in [-0.3, -0.25) is 4.98 Å². The molecule has 0 unspecified atom stereocenters. The number of aryl methyl sites for hydroxylation is 1. The van der Waals surface area contributed by atoms with Crippen molar-refractivity contribution in [3.05, 3.63) is 35.5 Å². The molecular formula is C19H26N2O2. The first-order valence-electron chi connectivity index (χ1n) is 8.47. The van der Waals surface area contributed by atoms with Crippen LogP contribution < -0.4 is 4.90 Å². The Morgan fingerprint density at radius 2 is 1.83 bits per heavy atom. The number of pyridine rings is 1. The van der Waals surface area contributed by atoms with E-state index in [1.165, 1.54) is 0 Å². The molecule has 1 aromatic carbocycles. The molecule has 1 aromatic heterocycles. The third kappa shape index (κ3) is 4.01. The number of rotatable bonds is 8. The minimum atomic E-state index is -0.923. The highest BCUT2D eigenvalue weighted by molar-refractivity contribution is 6.05. The van der Waals surface area contributed by atoms with Gasteiger partial charge in [-0.1, -0.05) is 38.8 Å². The molecule has 0 aliphatic carbocycles. The van der Waals surface area contributed by atoms with E-state index in [0.717, 1.165) is 55.5 Å². The van der Waals surface area contributed by atoms with Crippen LogP contribution in [0.15, 0.2) is 24.3 Å². The van der Waals surface area contributed by atoms with Gasteiger partial charge < -0.3 is 10.0 Å². The highest BCUT2D eigenvalue weighted by Gasteiger charge is 2.16. The average molecular weight is 314 g/mol. The molecule has 4 nitrogen and oxygen atoms in total. The summed E-state index contributed by atoms with van der Waals surface area (Å²) in [5.41, 5.74) is 2.84. The SMILES string of the molecule is CCCCN(CCCC)c1cc(C)nc2c(C(=O)O)cccc12. The smallest absolute Gasteiger partial charge is 0.337 e. The molecule has 0 atom stereocenters. The van der Waals surface area contributed by atoms with Crippen LogP contribution in [0.4, 0.5) is 5.69 Å². The molecule has 0 saturated heterocycles. The first-order chi connectivity index (χ1) is 11.1. The van der Waals surface area contributed by atoms with Crippen LogP contribution in [0.3, 0.4) is 0 Å². The van der Waals surface area contributed by atoms with Gasteiger partial charge in [0.1, 0.15) is 0 Å². The molecule has 0 saturated carbocycles. The van der Waals surface area contributed by atoms with Crippen molar-refractivity contribution in [2.45, 2.75) is 46.5 Å². The van der Waals surface area contributed by atoms with Crippen molar-refractivity contribution in [3.8, 4) is 0 Å². The summed E-state index contributed by atoms with van der Waals surface area (Å²) in [5.74, 6) is -0.923. The van der Waals surface area contributed by atoms with Crippen molar-refractivity contribution in [2.24, 2.45) is 0 Å². The largest absolute Gasteiger partial charge is 0.478 e. The highest BCUT2D eigenvalue weighted by Crippen LogP contribution is 2.29. The summed E-state index contributed by atoms with van der Waals surface area (Å²) < 4.78 is 0. The quantitative estimate of drug-likeness (QED) is 0.770. The van der Waals surface area contributed by atoms with Crippen molar-refractivity contribution in [1.82, 2.24) is 4.98 Å². The Morgan fingerprint density at radius 1 is 1.17 bits per heavy atom. The third-order valence-electron chi connectivity index (χ3n) is 4.08. The van der Waals surface area contributed by atoms with Crippen LogP contribution in [0.2, 0.25) is 0 Å². The second kappa shape index (κ2) is 7.95. The maximum absolute atomic E-state index is 11.5. The number of hydrogen-bond acceptors (Lipinski definition) is 3. The summed E-state index contributed by atoms with van der Waals surface area (Å²) in [5, 5.41) is 10.4. The molecule has 4 heteroatoms. The molecule has 2 aromatic rings. The van der Waals surface area contributed by atoms with Gasteiger partial charge in [0, 0.05) is 29.9 Å². The highest BCUT2D eigenvalue weighted by atomic mass is 16.4. The summed E-state index contributed by atoms with van der Waals surface area (Å²) in [4.78, 5) is 18.4. The molecule has 1 heterocycles. The zero-order valence-corrected chi connectivity index (χ0v) is 14.3. The molecule has 0 aliphatic rings. The molecule has 0 amide bonds. The first-order valence-corrected chi connectivity index (χ1v) is 8.47. The minimum Gasteiger partial charge on any atom is -0.478 e. The van der Waals surface area contributed by atoms with Crippen molar-refractivity contribution in [3.63, 3.8) is 0 Å². The maximum Gasteiger partial charge on any atom is 0.337 e. The zero-order valence-electron chi connectivity index (χ0n) is 14.3. The first kappa shape index (κ1) is 17.3. The second-order valence-corrected chi connectivity index (χ2v) is 5.98. The molecule has 1 N–H and O–H groups in total. The fourth-order valence-electron chi connectivity index (χ4n) is 2.84. The van der Waals surface area contributed by atoms with E-state index >= 15 is 0 Å². The van der Waals surface area contributed by atoms with Gasteiger partial charge in [-0.15, -0.1) is 0 Å². The van der Waals surface area contributed by atoms with Crippen molar-refractivity contribution >= 4 is 22.6 Å². The lowest BCUT2D eigenvalue weighted by molar-refractivity contribution is 0.0699. The Bertz CT molecular complexity index is 674. The van der Waals surface area contributed by atoms with Crippen LogP contribution in [0.5, 0.6) is 0 Å². The minimum absolute atomic E-state index is 0.276. The normalized spacial score (nSPS) is 10.9. The number of nitrogens with zero attached hydrogens (tertiary/aromatic N) is 2. The van der Waals surface area contributed by atoms with Gasteiger partial charge in [-0.2, -0.15) is 0 Å². The van der Waals surface area contributed by atoms with Crippen molar-refractivity contribution in [2.75, 3.05) is 18.0 Å². The van der Waals surface area contributed by atoms with E-state index in [-0.39, 0.29) is 5.56 Å². The van der Waals surface area contributed by atoms with Gasteiger partial charge in [-0.25, -0.2) is 4.79 Å². The van der Waals surface area contributed by atoms with Gasteiger partial charge in [-0.05, 0) is 31.9 Å². The number of aromatic nitrogens is 1. The molecule has 0 aliphatic heterocycles. The molecule has 124 valence electrons. The number of fused-ring (bicyclic) bond motifs is 1. The van der Waals surface area contributed by atoms with E-state index in [2.05, 4.69) is 29.8 Å². The predicted molar refractivity (Wildman–Crippen MR) is 95.5 cm³/mol. The van der Waals surface area contributed by atoms with Crippen LogP contribution in [0.25, 0.3) is 10.9 Å². The standard InChI is InChI=1S/C19H26N2O2/c1-4-6-11-21(12-7-5-2)17-13-14(3)20-18-15(17)9-8-10-16(18)19(22)23/h8-10,13H,4-7,11-12H2,1-3H3,(H,22,23). The summed E-state index contributed by atoms with van der Waals surface area (Å²) in [7, 11) is 0. The van der Waals surface area contributed by atoms with Gasteiger partial charge in [0.25, 0.3) is 0 Å². The lowest BCUT2D eigenvalue weighted by Crippen LogP contribution is -2.26. The Balaban J connectivity index is 2.56. The number of carboxylic acid groups (broad SMARTS) is 1. The molecule has 23 heavy (non-hydrogen) atoms. The topological polar surface area (TPSA) is 53.4 Å². The van der Waals surface area contributed by atoms with E-state index in [4.69, 9.17) is 0 Å². The number of unbranched alkanes of at least 4 members (excludes halogenated alkanes) is 2. The lowest BCUT2D eigenvalue weighted by Gasteiger charge is -2.26. The Kier molecular flexibility index (Phi) is 5.97. The van der Waals surface area contributed by atoms with Crippen LogP contribution in [-0.4, -0.2) is 29.1 Å². The number of benzene rings is 1. The average Bonchev–Trinajstić information content (AvgIpc) is 2.53. The van der Waals surface area contributed by atoms with Crippen molar-refractivity contribution in [1.29, 1.82) is 0 Å². The molecule has 2 rings (SSSR count). The monoisotopic (exact) mass is 314 g/mol. The number of anilines is 1. The van der Waals surface area contributed by atoms with Crippen LogP contribution in [0, 0.1) is 6.92 Å². The molecule has 0 spiro atoms. The fraction of sp³-hybridized carbons (Fsp3) is 0.474. The summed E-state index contributed by atoms with van der Waals surface area (Å²) >= 11 is 0. The zero-order chi connectivity index (χ0) is 16.8. The van der Waals surface area contributed by atoms with E-state index in [1.54, 1.807) is 6.07 Å². The number of hydrogen-bond donors (Lipinski definition) is 1. The summed E-state index contributed by atoms with van der Waals surface area (Å²) in [6.07, 6.45) is 4.55. The van der Waals surface area contributed by atoms with E-state index < -0.39 is 5.97 Å². The molecule has 0 fully saturated rings. The third-order valence-corrected chi connectivity index (χ3v) is 4.08. The van der Waals surface area contributed by atoms with Gasteiger partial charge in [0.15, 0.2) is 0 Å². The lowest BCUT2D eigenvalue weighted by atomic mass is 10.1. The van der Waals surface area contributed by atoms with E-state index in [0.29, 0.717) is 5.52 Å². The number of carboxylic acids is 1. The Hall–Kier alpha value is -2.10. The van der Waals surface area contributed by atoms with Gasteiger partial charge >= 0.3 is 5.97 Å². The van der Waals surface area contributed by atoms with Gasteiger partial charge in [0.05, 0.1) is 11.1 Å². The Morgan fingerprint density at radius 3 is 2.39 bits per heavy atom. The summed E-state index contributed by atoms with van der Waals surface area (Å²) in [6, 6.07) is 7.50. The maximum atomic E-state index is 11.5.